The Morgan fingerprint density at radius 3 is 1.53 bits per heavy atom. The van der Waals surface area contributed by atoms with E-state index in [0.717, 1.165) is 6.42 Å². The summed E-state index contributed by atoms with van der Waals surface area (Å²) in [5.41, 5.74) is 0. The molecule has 1 unspecified atom stereocenters. The smallest absolute Gasteiger partial charge is 0.309 e. The predicted octanol–water partition coefficient (Wildman–Crippen LogP) is 9.96. The van der Waals surface area contributed by atoms with Crippen LogP contribution in [0.1, 0.15) is 155 Å². The number of aliphatic carboxylic acids is 1. The fourth-order valence-electron chi connectivity index (χ4n) is 4.65. The van der Waals surface area contributed by atoms with Gasteiger partial charge in [0, 0.05) is 0 Å². The molecule has 4 heteroatoms. The van der Waals surface area contributed by atoms with Crippen LogP contribution in [0.2, 0.25) is 0 Å². The minimum absolute atomic E-state index is 0.129. The minimum Gasteiger partial charge on any atom is -0.481 e. The van der Waals surface area contributed by atoms with Gasteiger partial charge in [-0.1, -0.05) is 147 Å². The van der Waals surface area contributed by atoms with E-state index in [0.29, 0.717) is 12.8 Å². The van der Waals surface area contributed by atoms with E-state index in [1.54, 1.807) is 0 Å². The second kappa shape index (κ2) is 28.0. The van der Waals surface area contributed by atoms with Crippen molar-refractivity contribution in [1.82, 2.24) is 0 Å². The fourth-order valence-corrected chi connectivity index (χ4v) is 4.65. The molecular formula is C32H58O4. The Labute approximate surface area is 223 Å². The van der Waals surface area contributed by atoms with Crippen molar-refractivity contribution in [3.05, 3.63) is 24.8 Å². The van der Waals surface area contributed by atoms with E-state index in [1.165, 1.54) is 128 Å². The number of hydrogen-bond acceptors (Lipinski definition) is 3. The molecule has 36 heavy (non-hydrogen) atoms. The molecule has 0 aliphatic carbocycles. The van der Waals surface area contributed by atoms with Crippen LogP contribution in [0.25, 0.3) is 0 Å². The summed E-state index contributed by atoms with van der Waals surface area (Å²) in [4.78, 5) is 22.9. The molecule has 0 aliphatic heterocycles. The first-order valence-electron chi connectivity index (χ1n) is 15.3. The van der Waals surface area contributed by atoms with Crippen molar-refractivity contribution in [3.63, 3.8) is 0 Å². The summed E-state index contributed by atoms with van der Waals surface area (Å²) < 4.78 is 5.01. The van der Waals surface area contributed by atoms with Gasteiger partial charge in [0.1, 0.15) is 6.61 Å². The molecule has 0 rings (SSSR count). The maximum Gasteiger partial charge on any atom is 0.309 e. The lowest BCUT2D eigenvalue weighted by Crippen LogP contribution is -2.21. The topological polar surface area (TPSA) is 63.6 Å². The molecule has 0 aromatic rings. The number of carboxylic acid groups (broad SMARTS) is 1. The van der Waals surface area contributed by atoms with Crippen molar-refractivity contribution >= 4 is 11.9 Å². The van der Waals surface area contributed by atoms with Crippen LogP contribution in [0, 0.1) is 5.92 Å². The molecule has 0 amide bonds. The molecule has 0 heterocycles. The van der Waals surface area contributed by atoms with E-state index in [-0.39, 0.29) is 13.0 Å². The molecule has 0 aromatic heterocycles. The van der Waals surface area contributed by atoms with Crippen molar-refractivity contribution in [2.75, 3.05) is 6.61 Å². The average molecular weight is 507 g/mol. The number of esters is 1. The van der Waals surface area contributed by atoms with Crippen LogP contribution in [0.4, 0.5) is 0 Å². The van der Waals surface area contributed by atoms with Crippen LogP contribution < -0.4 is 0 Å². The van der Waals surface area contributed by atoms with E-state index >= 15 is 0 Å². The van der Waals surface area contributed by atoms with Gasteiger partial charge >= 0.3 is 11.9 Å². The molecule has 0 spiro atoms. The fraction of sp³-hybridized carbons (Fsp3) is 0.812. The molecule has 0 saturated carbocycles. The Morgan fingerprint density at radius 1 is 0.694 bits per heavy atom. The van der Waals surface area contributed by atoms with Gasteiger partial charge in [0.25, 0.3) is 0 Å². The molecule has 0 aliphatic rings. The number of allylic oxidation sites excluding steroid dienone is 2. The van der Waals surface area contributed by atoms with Crippen molar-refractivity contribution in [2.45, 2.75) is 155 Å². The summed E-state index contributed by atoms with van der Waals surface area (Å²) in [6.07, 6.45) is 34.3. The number of ether oxygens (including phenoxy) is 1. The van der Waals surface area contributed by atoms with E-state index in [2.05, 4.69) is 25.7 Å². The molecule has 0 aromatic carbocycles. The van der Waals surface area contributed by atoms with Crippen molar-refractivity contribution in [3.8, 4) is 0 Å². The lowest BCUT2D eigenvalue weighted by Gasteiger charge is -2.12. The number of rotatable bonds is 28. The largest absolute Gasteiger partial charge is 0.481 e. The van der Waals surface area contributed by atoms with Crippen molar-refractivity contribution < 1.29 is 19.4 Å². The normalized spacial score (nSPS) is 12.1. The molecule has 4 nitrogen and oxygen atoms in total. The summed E-state index contributed by atoms with van der Waals surface area (Å²) in [5, 5.41) is 9.00. The number of carboxylic acids is 1. The summed E-state index contributed by atoms with van der Waals surface area (Å²) >= 11 is 0. The third-order valence-electron chi connectivity index (χ3n) is 6.92. The first-order valence-corrected chi connectivity index (χ1v) is 15.3. The predicted molar refractivity (Wildman–Crippen MR) is 153 cm³/mol. The second-order valence-corrected chi connectivity index (χ2v) is 10.4. The molecule has 210 valence electrons. The van der Waals surface area contributed by atoms with Crippen LogP contribution in [-0.4, -0.2) is 23.7 Å². The monoisotopic (exact) mass is 506 g/mol. The third kappa shape index (κ3) is 25.5. The maximum atomic E-state index is 11.9. The molecule has 0 fully saturated rings. The Kier molecular flexibility index (Phi) is 26.8. The Bertz CT molecular complexity index is 540. The summed E-state index contributed by atoms with van der Waals surface area (Å²) in [5.74, 6) is -1.99. The quantitative estimate of drug-likeness (QED) is 0.0651. The Morgan fingerprint density at radius 2 is 1.11 bits per heavy atom. The highest BCUT2D eigenvalue weighted by Crippen LogP contribution is 2.16. The van der Waals surface area contributed by atoms with Crippen LogP contribution >= 0.6 is 0 Å². The zero-order valence-corrected chi connectivity index (χ0v) is 23.7. The third-order valence-corrected chi connectivity index (χ3v) is 6.92. The summed E-state index contributed by atoms with van der Waals surface area (Å²) in [6.45, 7) is 5.92. The van der Waals surface area contributed by atoms with E-state index in [1.807, 2.05) is 0 Å². The van der Waals surface area contributed by atoms with Crippen LogP contribution in [0.5, 0.6) is 0 Å². The van der Waals surface area contributed by atoms with Crippen LogP contribution in [0.15, 0.2) is 24.8 Å². The number of carbonyl (C=O) groups is 2. The lowest BCUT2D eigenvalue weighted by atomic mass is 9.99. The Balaban J connectivity index is 3.42. The number of carbonyl (C=O) groups excluding carboxylic acids is 1. The highest BCUT2D eigenvalue weighted by Gasteiger charge is 2.22. The van der Waals surface area contributed by atoms with Gasteiger partial charge in [0.05, 0.1) is 12.3 Å². The second-order valence-electron chi connectivity index (χ2n) is 10.4. The molecular weight excluding hydrogens is 448 g/mol. The zero-order chi connectivity index (χ0) is 26.5. The lowest BCUT2D eigenvalue weighted by molar-refractivity contribution is -0.152. The van der Waals surface area contributed by atoms with Gasteiger partial charge in [-0.05, 0) is 25.7 Å². The summed E-state index contributed by atoms with van der Waals surface area (Å²) in [6, 6.07) is 0. The maximum absolute atomic E-state index is 11.9. The first-order chi connectivity index (χ1) is 17.6. The van der Waals surface area contributed by atoms with E-state index in [4.69, 9.17) is 9.84 Å². The van der Waals surface area contributed by atoms with Gasteiger partial charge in [0.2, 0.25) is 0 Å². The van der Waals surface area contributed by atoms with Crippen molar-refractivity contribution in [1.29, 1.82) is 0 Å². The SMILES string of the molecule is C=CCOC(=O)C(CC/C=C/CCCCCCCCCCCCCCCCCCCCC)CC(=O)O. The van der Waals surface area contributed by atoms with E-state index < -0.39 is 17.9 Å². The Hall–Kier alpha value is -1.58. The summed E-state index contributed by atoms with van der Waals surface area (Å²) in [7, 11) is 0. The standard InChI is InChI=1S/C32H58O4/c1-3-5-6-7-8-9-10-11-12-13-14-15-16-17-18-19-20-21-22-23-24-25-26-27-30(29-31(33)34)32(35)36-28-4-2/h4,24-25,30H,2-3,5-23,26-29H2,1H3,(H,33,34)/b25-24+. The highest BCUT2D eigenvalue weighted by atomic mass is 16.5. The van der Waals surface area contributed by atoms with Crippen molar-refractivity contribution in [2.24, 2.45) is 5.92 Å². The highest BCUT2D eigenvalue weighted by molar-refractivity contribution is 5.79. The molecule has 0 saturated heterocycles. The van der Waals surface area contributed by atoms with Crippen LogP contribution in [0.3, 0.4) is 0 Å². The first kappa shape index (κ1) is 34.4. The number of hydrogen-bond donors (Lipinski definition) is 1. The average Bonchev–Trinajstić information content (AvgIpc) is 2.86. The van der Waals surface area contributed by atoms with Gasteiger partial charge in [0.15, 0.2) is 0 Å². The zero-order valence-electron chi connectivity index (χ0n) is 23.7. The minimum atomic E-state index is -0.964. The number of unbranched alkanes of at least 4 members (excludes halogenated alkanes) is 19. The van der Waals surface area contributed by atoms with Crippen LogP contribution in [-0.2, 0) is 14.3 Å². The molecule has 0 radical (unpaired) electrons. The van der Waals surface area contributed by atoms with Gasteiger partial charge in [-0.15, -0.1) is 0 Å². The van der Waals surface area contributed by atoms with Gasteiger partial charge in [-0.2, -0.15) is 0 Å². The molecule has 0 bridgehead atoms. The molecule has 1 N–H and O–H groups in total. The van der Waals surface area contributed by atoms with Gasteiger partial charge in [-0.25, -0.2) is 0 Å². The molecule has 1 atom stereocenters. The van der Waals surface area contributed by atoms with Gasteiger partial charge < -0.3 is 9.84 Å². The van der Waals surface area contributed by atoms with Gasteiger partial charge in [-0.3, -0.25) is 9.59 Å². The van der Waals surface area contributed by atoms with E-state index in [9.17, 15) is 9.59 Å².